The molecule has 126 valence electrons. The van der Waals surface area contributed by atoms with Gasteiger partial charge in [-0.25, -0.2) is 0 Å². The number of rotatable bonds is 2. The van der Waals surface area contributed by atoms with Gasteiger partial charge in [-0.3, -0.25) is 9.36 Å². The minimum absolute atomic E-state index is 0.0287. The number of amides is 1. The zero-order valence-electron chi connectivity index (χ0n) is 13.2. The van der Waals surface area contributed by atoms with Gasteiger partial charge in [0, 0.05) is 37.8 Å². The van der Waals surface area contributed by atoms with E-state index in [-0.39, 0.29) is 5.91 Å². The summed E-state index contributed by atoms with van der Waals surface area (Å²) in [6.07, 6.45) is 3.09. The highest BCUT2D eigenvalue weighted by atomic mass is 32.1. The van der Waals surface area contributed by atoms with Gasteiger partial charge in [0.15, 0.2) is 10.6 Å². The highest BCUT2D eigenvalue weighted by Gasteiger charge is 2.41. The van der Waals surface area contributed by atoms with Crippen molar-refractivity contribution in [1.29, 1.82) is 0 Å². The molecule has 1 amide bonds. The number of H-pyrrole nitrogens is 1. The fourth-order valence-electron chi connectivity index (χ4n) is 3.36. The third kappa shape index (κ3) is 2.68. The van der Waals surface area contributed by atoms with Crippen LogP contribution < -0.4 is 0 Å². The molecule has 1 aromatic heterocycles. The molecule has 0 atom stereocenters. The van der Waals surface area contributed by atoms with Crippen LogP contribution in [0.5, 0.6) is 0 Å². The van der Waals surface area contributed by atoms with Crippen molar-refractivity contribution in [2.45, 2.75) is 18.6 Å². The molecule has 6 nitrogen and oxygen atoms in total. The Hall–Kier alpha value is -1.96. The Morgan fingerprint density at radius 2 is 1.79 bits per heavy atom. The van der Waals surface area contributed by atoms with Gasteiger partial charge in [-0.05, 0) is 24.4 Å². The summed E-state index contributed by atoms with van der Waals surface area (Å²) in [6, 6.07) is 9.67. The van der Waals surface area contributed by atoms with E-state index in [4.69, 9.17) is 21.7 Å². The number of hydrogen-bond donors (Lipinski definition) is 1. The van der Waals surface area contributed by atoms with Gasteiger partial charge in [0.1, 0.15) is 5.69 Å². The summed E-state index contributed by atoms with van der Waals surface area (Å²) < 4.78 is 13.7. The number of aromatic nitrogens is 2. The number of aromatic amines is 1. The molecule has 2 aliphatic rings. The molecule has 0 saturated carbocycles. The molecule has 0 radical (unpaired) electrons. The maximum Gasteiger partial charge on any atom is 0.272 e. The van der Waals surface area contributed by atoms with E-state index in [2.05, 4.69) is 4.98 Å². The van der Waals surface area contributed by atoms with Gasteiger partial charge < -0.3 is 19.4 Å². The van der Waals surface area contributed by atoms with E-state index < -0.39 is 5.79 Å². The van der Waals surface area contributed by atoms with Gasteiger partial charge in [-0.15, -0.1) is 0 Å². The minimum atomic E-state index is -0.479. The lowest BCUT2D eigenvalue weighted by atomic mass is 10.0. The first-order valence-electron chi connectivity index (χ1n) is 8.12. The Morgan fingerprint density at radius 1 is 1.12 bits per heavy atom. The van der Waals surface area contributed by atoms with Crippen molar-refractivity contribution in [3.05, 3.63) is 47.0 Å². The molecule has 1 aromatic carbocycles. The predicted octanol–water partition coefficient (Wildman–Crippen LogP) is 2.51. The molecule has 4 rings (SSSR count). The molecular weight excluding hydrogens is 326 g/mol. The topological polar surface area (TPSA) is 59.5 Å². The van der Waals surface area contributed by atoms with Crippen molar-refractivity contribution >= 4 is 18.1 Å². The van der Waals surface area contributed by atoms with Crippen LogP contribution in [0.15, 0.2) is 36.5 Å². The molecule has 1 spiro atoms. The number of carbonyl (C=O) groups is 1. The summed E-state index contributed by atoms with van der Waals surface area (Å²) >= 11 is 5.35. The van der Waals surface area contributed by atoms with E-state index in [1.165, 1.54) is 0 Å². The zero-order valence-corrected chi connectivity index (χ0v) is 14.1. The Balaban J connectivity index is 1.57. The van der Waals surface area contributed by atoms with Crippen molar-refractivity contribution in [3.63, 3.8) is 0 Å². The first kappa shape index (κ1) is 15.6. The third-order valence-corrected chi connectivity index (χ3v) is 4.94. The Kier molecular flexibility index (Phi) is 3.99. The van der Waals surface area contributed by atoms with Crippen molar-refractivity contribution in [3.8, 4) is 5.69 Å². The fraction of sp³-hybridized carbons (Fsp3) is 0.412. The first-order valence-corrected chi connectivity index (χ1v) is 8.52. The van der Waals surface area contributed by atoms with Gasteiger partial charge in [0.05, 0.1) is 13.2 Å². The van der Waals surface area contributed by atoms with Crippen LogP contribution in [0.2, 0.25) is 0 Å². The number of hydrogen-bond acceptors (Lipinski definition) is 4. The zero-order chi connectivity index (χ0) is 16.6. The third-order valence-electron chi connectivity index (χ3n) is 4.64. The summed E-state index contributed by atoms with van der Waals surface area (Å²) in [5.74, 6) is -0.507. The number of nitrogens with zero attached hydrogens (tertiary/aromatic N) is 2. The van der Waals surface area contributed by atoms with Gasteiger partial charge >= 0.3 is 0 Å². The lowest BCUT2D eigenvalue weighted by molar-refractivity contribution is -0.181. The smallest absolute Gasteiger partial charge is 0.272 e. The maximum absolute atomic E-state index is 13.0. The second-order valence-corrected chi connectivity index (χ2v) is 6.44. The highest BCUT2D eigenvalue weighted by Crippen LogP contribution is 2.31. The number of imidazole rings is 1. The average Bonchev–Trinajstić information content (AvgIpc) is 3.23. The molecule has 0 bridgehead atoms. The number of piperidine rings is 1. The number of benzene rings is 1. The maximum atomic E-state index is 13.0. The number of nitrogens with one attached hydrogen (secondary N) is 1. The molecule has 24 heavy (non-hydrogen) atoms. The Labute approximate surface area is 145 Å². The molecule has 2 fully saturated rings. The van der Waals surface area contributed by atoms with Crippen molar-refractivity contribution in [2.75, 3.05) is 26.3 Å². The molecular formula is C17H19N3O3S. The standard InChI is InChI=1S/C17H19N3O3S/c21-15(19-8-6-17(7-9-19)22-10-11-23-17)14-12-18-16(24)20(14)13-4-2-1-3-5-13/h1-5,12H,6-11H2,(H,18,24). The molecule has 0 aliphatic carbocycles. The molecule has 0 unspecified atom stereocenters. The van der Waals surface area contributed by atoms with E-state index in [1.807, 2.05) is 35.2 Å². The van der Waals surface area contributed by atoms with E-state index >= 15 is 0 Å². The van der Waals surface area contributed by atoms with Crippen molar-refractivity contribution in [1.82, 2.24) is 14.5 Å². The van der Waals surface area contributed by atoms with Crippen LogP contribution in [0.1, 0.15) is 23.3 Å². The Morgan fingerprint density at radius 3 is 2.46 bits per heavy atom. The van der Waals surface area contributed by atoms with Gasteiger partial charge in [-0.2, -0.15) is 0 Å². The minimum Gasteiger partial charge on any atom is -0.347 e. The van der Waals surface area contributed by atoms with E-state index in [0.717, 1.165) is 5.69 Å². The van der Waals surface area contributed by atoms with Crippen molar-refractivity contribution < 1.29 is 14.3 Å². The molecule has 1 N–H and O–H groups in total. The van der Waals surface area contributed by atoms with E-state index in [1.54, 1.807) is 10.8 Å². The van der Waals surface area contributed by atoms with Crippen LogP contribution >= 0.6 is 12.2 Å². The van der Waals surface area contributed by atoms with Crippen LogP contribution in [0.3, 0.4) is 0 Å². The second kappa shape index (κ2) is 6.16. The number of likely N-dealkylation sites (tertiary alicyclic amines) is 1. The van der Waals surface area contributed by atoms with Crippen LogP contribution in [-0.2, 0) is 9.47 Å². The predicted molar refractivity (Wildman–Crippen MR) is 90.7 cm³/mol. The Bertz CT molecular complexity index is 783. The van der Waals surface area contributed by atoms with Gasteiger partial charge in [0.25, 0.3) is 5.91 Å². The summed E-state index contributed by atoms with van der Waals surface area (Å²) in [4.78, 5) is 17.8. The summed E-state index contributed by atoms with van der Waals surface area (Å²) in [5, 5.41) is 0. The summed E-state index contributed by atoms with van der Waals surface area (Å²) in [7, 11) is 0. The molecule has 2 aromatic rings. The summed E-state index contributed by atoms with van der Waals surface area (Å²) in [5.41, 5.74) is 1.43. The summed E-state index contributed by atoms with van der Waals surface area (Å²) in [6.45, 7) is 2.51. The molecule has 7 heteroatoms. The van der Waals surface area contributed by atoms with E-state index in [9.17, 15) is 4.79 Å². The number of para-hydroxylation sites is 1. The van der Waals surface area contributed by atoms with Crippen molar-refractivity contribution in [2.24, 2.45) is 0 Å². The van der Waals surface area contributed by atoms with Crippen LogP contribution in [0.4, 0.5) is 0 Å². The highest BCUT2D eigenvalue weighted by molar-refractivity contribution is 7.71. The normalized spacial score (nSPS) is 19.8. The lowest BCUT2D eigenvalue weighted by Crippen LogP contribution is -2.47. The molecule has 2 saturated heterocycles. The van der Waals surface area contributed by atoms with E-state index in [0.29, 0.717) is 49.6 Å². The fourth-order valence-corrected chi connectivity index (χ4v) is 3.62. The van der Waals surface area contributed by atoms with Crippen LogP contribution in [0, 0.1) is 4.77 Å². The van der Waals surface area contributed by atoms with Crippen LogP contribution in [0.25, 0.3) is 5.69 Å². The van der Waals surface area contributed by atoms with Crippen LogP contribution in [-0.4, -0.2) is 52.4 Å². The SMILES string of the molecule is O=C(c1c[nH]c(=S)n1-c1ccccc1)N1CCC2(CC1)OCCO2. The van der Waals surface area contributed by atoms with Gasteiger partial charge in [0.2, 0.25) is 0 Å². The molecule has 3 heterocycles. The van der Waals surface area contributed by atoms with Gasteiger partial charge in [-0.1, -0.05) is 18.2 Å². The molecule has 2 aliphatic heterocycles. The lowest BCUT2D eigenvalue weighted by Gasteiger charge is -2.37. The number of carbonyl (C=O) groups excluding carboxylic acids is 1. The largest absolute Gasteiger partial charge is 0.347 e. The average molecular weight is 345 g/mol. The first-order chi connectivity index (χ1) is 11.7. The second-order valence-electron chi connectivity index (χ2n) is 6.05. The number of ether oxygens (including phenoxy) is 2. The quantitative estimate of drug-likeness (QED) is 0.850. The monoisotopic (exact) mass is 345 g/mol.